The first kappa shape index (κ1) is 24.4. The zero-order valence-electron chi connectivity index (χ0n) is 20.1. The number of carbonyl (C=O) groups excluding carboxylic acids is 3. The second kappa shape index (κ2) is 9.98. The van der Waals surface area contributed by atoms with Crippen molar-refractivity contribution in [3.8, 4) is 21.9 Å². The topological polar surface area (TPSA) is 101 Å². The Labute approximate surface area is 216 Å². The molecule has 2 aromatic carbocycles. The van der Waals surface area contributed by atoms with E-state index in [9.17, 15) is 18.8 Å². The molecule has 1 saturated heterocycles. The Morgan fingerprint density at radius 1 is 1.11 bits per heavy atom. The number of anilines is 1. The Morgan fingerprint density at radius 3 is 2.57 bits per heavy atom. The zero-order valence-corrected chi connectivity index (χ0v) is 20.9. The van der Waals surface area contributed by atoms with E-state index in [0.717, 1.165) is 15.1 Å². The summed E-state index contributed by atoms with van der Waals surface area (Å²) in [5.74, 6) is -1.83. The summed E-state index contributed by atoms with van der Waals surface area (Å²) in [6.45, 7) is 0.518. The molecule has 4 aromatic rings. The van der Waals surface area contributed by atoms with Crippen LogP contribution in [0.3, 0.4) is 0 Å². The highest BCUT2D eigenvalue weighted by Gasteiger charge is 2.34. The molecule has 8 nitrogen and oxygen atoms in total. The van der Waals surface area contributed by atoms with Gasteiger partial charge in [-0.2, -0.15) is 0 Å². The number of amides is 3. The fraction of sp³-hybridized carbons (Fsp3) is 0.185. The molecule has 0 radical (unpaired) electrons. The molecule has 0 spiro atoms. The number of hydrogen-bond acceptors (Lipinski definition) is 6. The number of nitrogens with one attached hydrogen (secondary N) is 2. The first-order valence-electron chi connectivity index (χ1n) is 11.6. The highest BCUT2D eigenvalue weighted by molar-refractivity contribution is 7.22. The number of carbonyl (C=O) groups is 3. The van der Waals surface area contributed by atoms with Gasteiger partial charge in [0.15, 0.2) is 11.6 Å². The van der Waals surface area contributed by atoms with Crippen LogP contribution in [0.1, 0.15) is 16.8 Å². The third kappa shape index (κ3) is 4.88. The molecule has 1 unspecified atom stereocenters. The summed E-state index contributed by atoms with van der Waals surface area (Å²) in [7, 11) is 3.23. The van der Waals surface area contributed by atoms with E-state index in [-0.39, 0.29) is 23.3 Å². The van der Waals surface area contributed by atoms with Crippen molar-refractivity contribution in [3.05, 3.63) is 72.2 Å². The van der Waals surface area contributed by atoms with Crippen molar-refractivity contribution < 1.29 is 23.5 Å². The Bertz CT molecular complexity index is 1520. The van der Waals surface area contributed by atoms with Gasteiger partial charge in [-0.1, -0.05) is 12.1 Å². The Balaban J connectivity index is 1.35. The minimum absolute atomic E-state index is 0.00736. The van der Waals surface area contributed by atoms with Gasteiger partial charge < -0.3 is 20.3 Å². The average Bonchev–Trinajstić information content (AvgIpc) is 3.49. The monoisotopic (exact) mass is 518 g/mol. The van der Waals surface area contributed by atoms with Crippen LogP contribution in [0.4, 0.5) is 10.1 Å². The van der Waals surface area contributed by atoms with Crippen molar-refractivity contribution >= 4 is 45.0 Å². The first-order valence-corrected chi connectivity index (χ1v) is 12.4. The summed E-state index contributed by atoms with van der Waals surface area (Å²) in [5, 5.41) is 5.21. The summed E-state index contributed by atoms with van der Waals surface area (Å²) in [4.78, 5) is 43.2. The van der Waals surface area contributed by atoms with Crippen LogP contribution in [0.2, 0.25) is 0 Å². The minimum atomic E-state index is -0.762. The van der Waals surface area contributed by atoms with Crippen molar-refractivity contribution in [1.29, 1.82) is 0 Å². The molecule has 1 fully saturated rings. The summed E-state index contributed by atoms with van der Waals surface area (Å²) < 4.78 is 21.5. The number of hydrogen-bond donors (Lipinski definition) is 2. The number of halogens is 1. The highest BCUT2D eigenvalue weighted by atomic mass is 32.1. The third-order valence-corrected chi connectivity index (χ3v) is 7.39. The van der Waals surface area contributed by atoms with E-state index in [1.54, 1.807) is 38.5 Å². The molecule has 5 rings (SSSR count). The molecule has 3 amide bonds. The van der Waals surface area contributed by atoms with E-state index in [4.69, 9.17) is 4.74 Å². The van der Waals surface area contributed by atoms with Gasteiger partial charge in [-0.3, -0.25) is 19.4 Å². The van der Waals surface area contributed by atoms with E-state index >= 15 is 0 Å². The third-order valence-electron chi connectivity index (χ3n) is 6.20. The van der Waals surface area contributed by atoms with E-state index in [2.05, 4.69) is 15.6 Å². The van der Waals surface area contributed by atoms with E-state index in [1.165, 1.54) is 34.4 Å². The van der Waals surface area contributed by atoms with Crippen LogP contribution >= 0.6 is 11.3 Å². The number of likely N-dealkylation sites (tertiary alicyclic amines) is 1. The van der Waals surface area contributed by atoms with Gasteiger partial charge in [0, 0.05) is 55.1 Å². The predicted molar refractivity (Wildman–Crippen MR) is 139 cm³/mol. The maximum atomic E-state index is 14.9. The van der Waals surface area contributed by atoms with Gasteiger partial charge >= 0.3 is 0 Å². The molecule has 188 valence electrons. The number of pyridine rings is 1. The Morgan fingerprint density at radius 2 is 1.89 bits per heavy atom. The van der Waals surface area contributed by atoms with Crippen LogP contribution in [-0.4, -0.2) is 48.2 Å². The van der Waals surface area contributed by atoms with E-state index in [0.29, 0.717) is 29.8 Å². The van der Waals surface area contributed by atoms with Crippen molar-refractivity contribution in [2.45, 2.75) is 6.42 Å². The number of rotatable bonds is 6. The van der Waals surface area contributed by atoms with Crippen LogP contribution in [-0.2, 0) is 9.59 Å². The number of ether oxygens (including phenoxy) is 1. The van der Waals surface area contributed by atoms with Gasteiger partial charge in [-0.25, -0.2) is 4.39 Å². The van der Waals surface area contributed by atoms with Crippen LogP contribution in [0.15, 0.2) is 60.8 Å². The van der Waals surface area contributed by atoms with Crippen molar-refractivity contribution in [2.75, 3.05) is 26.0 Å². The lowest BCUT2D eigenvalue weighted by Gasteiger charge is -2.12. The maximum Gasteiger partial charge on any atom is 0.251 e. The van der Waals surface area contributed by atoms with Crippen LogP contribution < -0.4 is 15.4 Å². The quantitative estimate of drug-likeness (QED) is 0.361. The molecule has 0 bridgehead atoms. The smallest absolute Gasteiger partial charge is 0.251 e. The predicted octanol–water partition coefficient (Wildman–Crippen LogP) is 4.67. The number of thiophene rings is 1. The maximum absolute atomic E-state index is 14.9. The molecule has 0 saturated carbocycles. The molecule has 10 heteroatoms. The van der Waals surface area contributed by atoms with E-state index < -0.39 is 17.6 Å². The molecular formula is C27H23FN4O4S. The van der Waals surface area contributed by atoms with Gasteiger partial charge in [0.05, 0.1) is 10.2 Å². The molecule has 2 N–H and O–H groups in total. The number of aromatic nitrogens is 1. The Kier molecular flexibility index (Phi) is 6.58. The molecule has 3 heterocycles. The SMILES string of the molecule is CNC(=O)c1ccc(-c2cc3nccc(Oc4ccc(NC(=O)C5CCN(C)C5=O)cc4F)c3s2)cc1. The second-order valence-electron chi connectivity index (χ2n) is 8.63. The van der Waals surface area contributed by atoms with Crippen molar-refractivity contribution in [2.24, 2.45) is 5.92 Å². The van der Waals surface area contributed by atoms with Crippen LogP contribution in [0, 0.1) is 11.7 Å². The van der Waals surface area contributed by atoms with Crippen molar-refractivity contribution in [1.82, 2.24) is 15.2 Å². The summed E-state index contributed by atoms with van der Waals surface area (Å²) in [5.41, 5.74) is 2.42. The summed E-state index contributed by atoms with van der Waals surface area (Å²) in [6.07, 6.45) is 2.02. The highest BCUT2D eigenvalue weighted by Crippen LogP contribution is 2.39. The summed E-state index contributed by atoms with van der Waals surface area (Å²) >= 11 is 1.44. The van der Waals surface area contributed by atoms with E-state index in [1.807, 2.05) is 18.2 Å². The average molecular weight is 519 g/mol. The molecule has 37 heavy (non-hydrogen) atoms. The fourth-order valence-corrected chi connectivity index (χ4v) is 5.21. The number of nitrogens with zero attached hydrogens (tertiary/aromatic N) is 2. The minimum Gasteiger partial charge on any atom is -0.453 e. The Hall–Kier alpha value is -4.31. The normalized spacial score (nSPS) is 15.2. The van der Waals surface area contributed by atoms with Gasteiger partial charge in [0.2, 0.25) is 11.8 Å². The summed E-state index contributed by atoms with van der Waals surface area (Å²) in [6, 6.07) is 14.9. The number of benzene rings is 2. The molecule has 1 atom stereocenters. The second-order valence-corrected chi connectivity index (χ2v) is 9.68. The first-order chi connectivity index (χ1) is 17.8. The van der Waals surface area contributed by atoms with Gasteiger partial charge in [-0.15, -0.1) is 11.3 Å². The molecule has 1 aliphatic heterocycles. The lowest BCUT2D eigenvalue weighted by atomic mass is 10.1. The molecule has 1 aliphatic rings. The standard InChI is InChI=1S/C27H23FN4O4S/c1-29-25(33)16-5-3-15(4-6-16)23-14-20-24(37-23)22(9-11-30-20)36-21-8-7-17(13-19(21)28)31-26(34)18-10-12-32(2)27(18)35/h3-9,11,13-14,18H,10,12H2,1-2H3,(H,29,33)(H,31,34). The molecular weight excluding hydrogens is 495 g/mol. The van der Waals surface area contributed by atoms with Crippen LogP contribution in [0.25, 0.3) is 20.7 Å². The van der Waals surface area contributed by atoms with Gasteiger partial charge in [0.25, 0.3) is 5.91 Å². The van der Waals surface area contributed by atoms with Gasteiger partial charge in [0.1, 0.15) is 11.7 Å². The largest absolute Gasteiger partial charge is 0.453 e. The molecule has 0 aliphatic carbocycles. The lowest BCUT2D eigenvalue weighted by molar-refractivity contribution is -0.134. The molecule has 2 aromatic heterocycles. The lowest BCUT2D eigenvalue weighted by Crippen LogP contribution is -2.30. The van der Waals surface area contributed by atoms with Crippen LogP contribution in [0.5, 0.6) is 11.5 Å². The zero-order chi connectivity index (χ0) is 26.1. The van der Waals surface area contributed by atoms with Crippen molar-refractivity contribution in [3.63, 3.8) is 0 Å². The van der Waals surface area contributed by atoms with Gasteiger partial charge in [-0.05, 0) is 42.3 Å². The number of fused-ring (bicyclic) bond motifs is 1. The fourth-order valence-electron chi connectivity index (χ4n) is 4.14.